The summed E-state index contributed by atoms with van der Waals surface area (Å²) >= 11 is 1.97. The number of likely N-dealkylation sites (tertiary alicyclic amines) is 1. The van der Waals surface area contributed by atoms with Crippen molar-refractivity contribution in [2.75, 3.05) is 24.6 Å². The maximum atomic E-state index is 12.5. The molecule has 3 nitrogen and oxygen atoms in total. The summed E-state index contributed by atoms with van der Waals surface area (Å²) in [7, 11) is 0. The largest absolute Gasteiger partial charge is 0.399 e. The van der Waals surface area contributed by atoms with Crippen LogP contribution in [0.4, 0.5) is 5.69 Å². The minimum Gasteiger partial charge on any atom is -0.399 e. The molecule has 4 heteroatoms. The number of nitrogens with zero attached hydrogens (tertiary/aromatic N) is 1. The zero-order valence-corrected chi connectivity index (χ0v) is 12.3. The zero-order chi connectivity index (χ0) is 13.7. The van der Waals surface area contributed by atoms with E-state index < -0.39 is 0 Å². The quantitative estimate of drug-likeness (QED) is 0.865. The average Bonchev–Trinajstić information content (AvgIpc) is 2.64. The molecule has 0 bridgehead atoms. The normalized spacial score (nSPS) is 20.1. The van der Waals surface area contributed by atoms with E-state index in [1.807, 2.05) is 34.9 Å². The van der Waals surface area contributed by atoms with Gasteiger partial charge in [-0.05, 0) is 36.8 Å². The van der Waals surface area contributed by atoms with E-state index in [1.165, 1.54) is 12.8 Å². The van der Waals surface area contributed by atoms with Gasteiger partial charge in [-0.1, -0.05) is 19.4 Å². The lowest BCUT2D eigenvalue weighted by atomic mass is 10.1. The predicted molar refractivity (Wildman–Crippen MR) is 82.5 cm³/mol. The highest BCUT2D eigenvalue weighted by Crippen LogP contribution is 2.23. The van der Waals surface area contributed by atoms with Crippen LogP contribution in [0.25, 0.3) is 0 Å². The summed E-state index contributed by atoms with van der Waals surface area (Å²) in [5.74, 6) is 1.24. The molecule has 19 heavy (non-hydrogen) atoms. The summed E-state index contributed by atoms with van der Waals surface area (Å²) in [6, 6.07) is 7.29. The maximum Gasteiger partial charge on any atom is 0.253 e. The number of benzene rings is 1. The van der Waals surface area contributed by atoms with Crippen LogP contribution in [0.1, 0.15) is 36.5 Å². The van der Waals surface area contributed by atoms with Gasteiger partial charge in [0.15, 0.2) is 0 Å². The first-order valence-corrected chi connectivity index (χ1v) is 8.02. The van der Waals surface area contributed by atoms with Crippen molar-refractivity contribution < 1.29 is 4.79 Å². The Morgan fingerprint density at radius 1 is 1.47 bits per heavy atom. The van der Waals surface area contributed by atoms with E-state index in [9.17, 15) is 4.79 Å². The van der Waals surface area contributed by atoms with Crippen LogP contribution in [0.5, 0.6) is 0 Å². The van der Waals surface area contributed by atoms with Gasteiger partial charge in [0.05, 0.1) is 0 Å². The monoisotopic (exact) mass is 278 g/mol. The molecule has 1 aliphatic rings. The summed E-state index contributed by atoms with van der Waals surface area (Å²) in [5, 5.41) is 0.581. The van der Waals surface area contributed by atoms with Crippen molar-refractivity contribution in [1.29, 1.82) is 0 Å². The maximum absolute atomic E-state index is 12.5. The van der Waals surface area contributed by atoms with E-state index >= 15 is 0 Å². The van der Waals surface area contributed by atoms with Gasteiger partial charge in [0, 0.05) is 29.6 Å². The molecule has 0 radical (unpaired) electrons. The first kappa shape index (κ1) is 14.3. The Morgan fingerprint density at radius 2 is 2.32 bits per heavy atom. The number of thioether (sulfide) groups is 1. The third-order valence-corrected chi connectivity index (χ3v) is 4.64. The molecule has 1 amide bonds. The summed E-state index contributed by atoms with van der Waals surface area (Å²) < 4.78 is 0. The number of amides is 1. The highest BCUT2D eigenvalue weighted by atomic mass is 32.2. The SMILES string of the molecule is CCSC1CCCCN(C(=O)c2cccc(N)c2)C1. The fraction of sp³-hybridized carbons (Fsp3) is 0.533. The molecule has 104 valence electrons. The van der Waals surface area contributed by atoms with Crippen LogP contribution in [0.3, 0.4) is 0 Å². The van der Waals surface area contributed by atoms with Gasteiger partial charge in [-0.3, -0.25) is 4.79 Å². The Labute approximate surface area is 119 Å². The number of anilines is 1. The third-order valence-electron chi connectivity index (χ3n) is 3.45. The molecule has 1 atom stereocenters. The van der Waals surface area contributed by atoms with Crippen LogP contribution in [-0.4, -0.2) is 34.9 Å². The Hall–Kier alpha value is -1.16. The highest BCUT2D eigenvalue weighted by Gasteiger charge is 2.22. The van der Waals surface area contributed by atoms with Gasteiger partial charge in [-0.2, -0.15) is 11.8 Å². The van der Waals surface area contributed by atoms with Crippen molar-refractivity contribution in [3.8, 4) is 0 Å². The van der Waals surface area contributed by atoms with Crippen molar-refractivity contribution in [2.24, 2.45) is 0 Å². The van der Waals surface area contributed by atoms with Crippen LogP contribution < -0.4 is 5.73 Å². The first-order chi connectivity index (χ1) is 9.20. The smallest absolute Gasteiger partial charge is 0.253 e. The molecule has 2 N–H and O–H groups in total. The van der Waals surface area contributed by atoms with E-state index in [0.29, 0.717) is 16.5 Å². The molecule has 1 aromatic rings. The fourth-order valence-corrected chi connectivity index (χ4v) is 3.60. The van der Waals surface area contributed by atoms with Gasteiger partial charge in [-0.25, -0.2) is 0 Å². The topological polar surface area (TPSA) is 46.3 Å². The number of carbonyl (C=O) groups is 1. The lowest BCUT2D eigenvalue weighted by Crippen LogP contribution is -2.35. The minimum absolute atomic E-state index is 0.121. The fourth-order valence-electron chi connectivity index (χ4n) is 2.51. The van der Waals surface area contributed by atoms with E-state index in [0.717, 1.165) is 25.3 Å². The Balaban J connectivity index is 2.08. The summed E-state index contributed by atoms with van der Waals surface area (Å²) in [4.78, 5) is 14.5. The average molecular weight is 278 g/mol. The molecule has 0 aromatic heterocycles. The van der Waals surface area contributed by atoms with Gasteiger partial charge < -0.3 is 10.6 Å². The number of nitrogens with two attached hydrogens (primary N) is 1. The minimum atomic E-state index is 0.121. The second-order valence-electron chi connectivity index (χ2n) is 4.95. The van der Waals surface area contributed by atoms with Gasteiger partial charge in [-0.15, -0.1) is 0 Å². The standard InChI is InChI=1S/C15H22N2OS/c1-2-19-14-8-3-4-9-17(11-14)15(18)12-6-5-7-13(16)10-12/h5-7,10,14H,2-4,8-9,11,16H2,1H3. The van der Waals surface area contributed by atoms with Crippen molar-refractivity contribution >= 4 is 23.4 Å². The van der Waals surface area contributed by atoms with Crippen molar-refractivity contribution in [2.45, 2.75) is 31.4 Å². The van der Waals surface area contributed by atoms with Crippen molar-refractivity contribution in [3.05, 3.63) is 29.8 Å². The number of carbonyl (C=O) groups excluding carboxylic acids is 1. The van der Waals surface area contributed by atoms with Gasteiger partial charge in [0.1, 0.15) is 0 Å². The van der Waals surface area contributed by atoms with Crippen molar-refractivity contribution in [3.63, 3.8) is 0 Å². The lowest BCUT2D eigenvalue weighted by molar-refractivity contribution is 0.0763. The van der Waals surface area contributed by atoms with Crippen LogP contribution in [-0.2, 0) is 0 Å². The van der Waals surface area contributed by atoms with Crippen LogP contribution in [0.15, 0.2) is 24.3 Å². The summed E-state index contributed by atoms with van der Waals surface area (Å²) in [6.45, 7) is 3.92. The second kappa shape index (κ2) is 6.85. The molecular weight excluding hydrogens is 256 g/mol. The molecule has 0 spiro atoms. The Kier molecular flexibility index (Phi) is 5.14. The van der Waals surface area contributed by atoms with Crippen LogP contribution in [0.2, 0.25) is 0 Å². The molecule has 1 aliphatic heterocycles. The number of rotatable bonds is 3. The first-order valence-electron chi connectivity index (χ1n) is 6.97. The molecule has 2 rings (SSSR count). The number of hydrogen-bond acceptors (Lipinski definition) is 3. The number of hydrogen-bond donors (Lipinski definition) is 1. The van der Waals surface area contributed by atoms with Crippen LogP contribution in [0, 0.1) is 0 Å². The molecule has 1 fully saturated rings. The Morgan fingerprint density at radius 3 is 3.05 bits per heavy atom. The van der Waals surface area contributed by atoms with Crippen LogP contribution >= 0.6 is 11.8 Å². The molecule has 1 heterocycles. The molecule has 0 saturated carbocycles. The Bertz CT molecular complexity index is 436. The zero-order valence-electron chi connectivity index (χ0n) is 11.5. The van der Waals surface area contributed by atoms with E-state index in [-0.39, 0.29) is 5.91 Å². The van der Waals surface area contributed by atoms with Gasteiger partial charge in [0.2, 0.25) is 0 Å². The molecule has 0 aliphatic carbocycles. The molecule has 1 unspecified atom stereocenters. The van der Waals surface area contributed by atoms with E-state index in [2.05, 4.69) is 6.92 Å². The highest BCUT2D eigenvalue weighted by molar-refractivity contribution is 7.99. The lowest BCUT2D eigenvalue weighted by Gasteiger charge is -2.24. The predicted octanol–water partition coefficient (Wildman–Crippen LogP) is 3.02. The third kappa shape index (κ3) is 3.90. The van der Waals surface area contributed by atoms with E-state index in [1.54, 1.807) is 6.07 Å². The van der Waals surface area contributed by atoms with Gasteiger partial charge >= 0.3 is 0 Å². The summed E-state index contributed by atoms with van der Waals surface area (Å²) in [5.41, 5.74) is 7.12. The summed E-state index contributed by atoms with van der Waals surface area (Å²) in [6.07, 6.45) is 3.55. The van der Waals surface area contributed by atoms with E-state index in [4.69, 9.17) is 5.73 Å². The molecular formula is C15H22N2OS. The van der Waals surface area contributed by atoms with Crippen molar-refractivity contribution in [1.82, 2.24) is 4.90 Å². The second-order valence-corrected chi connectivity index (χ2v) is 6.53. The van der Waals surface area contributed by atoms with Gasteiger partial charge in [0.25, 0.3) is 5.91 Å². The number of nitrogen functional groups attached to an aromatic ring is 1. The molecule has 1 saturated heterocycles. The molecule has 1 aromatic carbocycles.